The molecule has 2 rings (SSSR count). The van der Waals surface area contributed by atoms with Crippen LogP contribution in [0.15, 0.2) is 0 Å². The van der Waals surface area contributed by atoms with E-state index in [9.17, 15) is 0 Å². The molecular formula is C8H16N2. The Kier molecular flexibility index (Phi) is 1.66. The molecule has 2 heteroatoms. The van der Waals surface area contributed by atoms with Crippen molar-refractivity contribution in [3.05, 3.63) is 0 Å². The van der Waals surface area contributed by atoms with E-state index in [-0.39, 0.29) is 0 Å². The van der Waals surface area contributed by atoms with E-state index in [1.807, 2.05) is 0 Å². The lowest BCUT2D eigenvalue weighted by atomic mass is 10.00. The third-order valence-electron chi connectivity index (χ3n) is 2.85. The summed E-state index contributed by atoms with van der Waals surface area (Å²) in [5, 5.41) is 3.50. The zero-order valence-corrected chi connectivity index (χ0v) is 6.34. The molecule has 2 fully saturated rings. The van der Waals surface area contributed by atoms with E-state index >= 15 is 0 Å². The lowest BCUT2D eigenvalue weighted by molar-refractivity contribution is 0.448. The average molecular weight is 140 g/mol. The van der Waals surface area contributed by atoms with E-state index in [0.29, 0.717) is 6.04 Å². The van der Waals surface area contributed by atoms with Crippen molar-refractivity contribution in [2.75, 3.05) is 6.54 Å². The molecular weight excluding hydrogens is 124 g/mol. The molecule has 0 aromatic rings. The number of nitrogens with one attached hydrogen (secondary N) is 1. The van der Waals surface area contributed by atoms with Crippen molar-refractivity contribution in [2.45, 2.75) is 37.8 Å². The van der Waals surface area contributed by atoms with Crippen LogP contribution in [-0.2, 0) is 0 Å². The summed E-state index contributed by atoms with van der Waals surface area (Å²) in [4.78, 5) is 0. The molecule has 1 heterocycles. The number of fused-ring (bicyclic) bond motifs is 2. The zero-order chi connectivity index (χ0) is 6.97. The van der Waals surface area contributed by atoms with E-state index in [0.717, 1.165) is 18.5 Å². The highest BCUT2D eigenvalue weighted by atomic mass is 15.0. The maximum atomic E-state index is 5.86. The second kappa shape index (κ2) is 2.51. The molecule has 3 N–H and O–H groups in total. The predicted molar refractivity (Wildman–Crippen MR) is 41.7 cm³/mol. The summed E-state index contributed by atoms with van der Waals surface area (Å²) < 4.78 is 0. The van der Waals surface area contributed by atoms with Crippen molar-refractivity contribution >= 4 is 0 Å². The molecule has 1 saturated carbocycles. The molecule has 0 spiro atoms. The first kappa shape index (κ1) is 6.62. The largest absolute Gasteiger partial charge is 0.327 e. The summed E-state index contributed by atoms with van der Waals surface area (Å²) in [5.74, 6) is 0.940. The van der Waals surface area contributed by atoms with Gasteiger partial charge in [0, 0.05) is 18.6 Å². The molecule has 0 aromatic carbocycles. The molecule has 2 aliphatic rings. The first-order valence-corrected chi connectivity index (χ1v) is 4.33. The van der Waals surface area contributed by atoms with Gasteiger partial charge in [0.05, 0.1) is 0 Å². The summed E-state index contributed by atoms with van der Waals surface area (Å²) in [6.07, 6.45) is 5.43. The predicted octanol–water partition coefficient (Wildman–Crippen LogP) is 0.476. The first-order chi connectivity index (χ1) is 4.84. The number of nitrogens with two attached hydrogens (primary N) is 1. The second-order valence-corrected chi connectivity index (χ2v) is 3.78. The van der Waals surface area contributed by atoms with Gasteiger partial charge >= 0.3 is 0 Å². The maximum absolute atomic E-state index is 5.86. The quantitative estimate of drug-likeness (QED) is 0.513. The molecule has 0 aromatic heterocycles. The van der Waals surface area contributed by atoms with Crippen molar-refractivity contribution in [1.82, 2.24) is 5.32 Å². The van der Waals surface area contributed by atoms with Crippen molar-refractivity contribution in [2.24, 2.45) is 11.7 Å². The Balaban J connectivity index is 1.99. The van der Waals surface area contributed by atoms with Crippen molar-refractivity contribution in [3.63, 3.8) is 0 Å². The SMILES string of the molecule is N[C@H]1CNC2CC[C@H](C2)C1. The fraction of sp³-hybridized carbons (Fsp3) is 1.00. The molecule has 2 bridgehead atoms. The van der Waals surface area contributed by atoms with E-state index in [1.165, 1.54) is 25.7 Å². The second-order valence-electron chi connectivity index (χ2n) is 3.78. The van der Waals surface area contributed by atoms with Crippen LogP contribution in [0.1, 0.15) is 25.7 Å². The highest BCUT2D eigenvalue weighted by Gasteiger charge is 2.28. The van der Waals surface area contributed by atoms with E-state index < -0.39 is 0 Å². The van der Waals surface area contributed by atoms with Gasteiger partial charge in [-0.05, 0) is 31.6 Å². The highest BCUT2D eigenvalue weighted by molar-refractivity contribution is 4.87. The third kappa shape index (κ3) is 1.18. The molecule has 58 valence electrons. The Labute approximate surface area is 62.2 Å². The highest BCUT2D eigenvalue weighted by Crippen LogP contribution is 2.30. The van der Waals surface area contributed by atoms with E-state index in [1.54, 1.807) is 0 Å². The van der Waals surface area contributed by atoms with Crippen molar-refractivity contribution in [1.29, 1.82) is 0 Å². The van der Waals surface area contributed by atoms with Crippen LogP contribution in [-0.4, -0.2) is 18.6 Å². The lowest BCUT2D eigenvalue weighted by Gasteiger charge is -2.15. The third-order valence-corrected chi connectivity index (χ3v) is 2.85. The van der Waals surface area contributed by atoms with Gasteiger partial charge in [-0.15, -0.1) is 0 Å². The molecule has 0 amide bonds. The molecule has 1 aliphatic heterocycles. The normalized spacial score (nSPS) is 47.1. The fourth-order valence-corrected chi connectivity index (χ4v) is 2.30. The molecule has 1 aliphatic carbocycles. The molecule has 1 unspecified atom stereocenters. The Bertz CT molecular complexity index is 124. The Hall–Kier alpha value is -0.0800. The van der Waals surface area contributed by atoms with Gasteiger partial charge in [-0.25, -0.2) is 0 Å². The van der Waals surface area contributed by atoms with Crippen LogP contribution in [0.3, 0.4) is 0 Å². The lowest BCUT2D eigenvalue weighted by Crippen LogP contribution is -2.37. The first-order valence-electron chi connectivity index (χ1n) is 4.33. The van der Waals surface area contributed by atoms with Crippen molar-refractivity contribution < 1.29 is 0 Å². The fourth-order valence-electron chi connectivity index (χ4n) is 2.30. The zero-order valence-electron chi connectivity index (χ0n) is 6.34. The van der Waals surface area contributed by atoms with Gasteiger partial charge in [-0.3, -0.25) is 0 Å². The summed E-state index contributed by atoms with van der Waals surface area (Å²) in [7, 11) is 0. The van der Waals surface area contributed by atoms with Gasteiger partial charge in [0.15, 0.2) is 0 Å². The molecule has 3 atom stereocenters. The number of hydrogen-bond acceptors (Lipinski definition) is 2. The minimum atomic E-state index is 0.426. The van der Waals surface area contributed by atoms with Crippen LogP contribution in [0.25, 0.3) is 0 Å². The van der Waals surface area contributed by atoms with Crippen LogP contribution < -0.4 is 11.1 Å². The summed E-state index contributed by atoms with van der Waals surface area (Å²) in [6.45, 7) is 1.04. The average Bonchev–Trinajstić information content (AvgIpc) is 2.22. The maximum Gasteiger partial charge on any atom is 0.0168 e. The van der Waals surface area contributed by atoms with E-state index in [4.69, 9.17) is 5.73 Å². The van der Waals surface area contributed by atoms with Gasteiger partial charge in [0.25, 0.3) is 0 Å². The Morgan fingerprint density at radius 3 is 3.00 bits per heavy atom. The number of rotatable bonds is 0. The molecule has 10 heavy (non-hydrogen) atoms. The smallest absolute Gasteiger partial charge is 0.0168 e. The summed E-state index contributed by atoms with van der Waals surface area (Å²) in [5.41, 5.74) is 5.86. The van der Waals surface area contributed by atoms with Crippen LogP contribution in [0.5, 0.6) is 0 Å². The van der Waals surface area contributed by atoms with Gasteiger partial charge in [-0.2, -0.15) is 0 Å². The van der Waals surface area contributed by atoms with Crippen molar-refractivity contribution in [3.8, 4) is 0 Å². The molecule has 1 saturated heterocycles. The standard InChI is InChI=1S/C8H16N2/c9-7-3-6-1-2-8(4-6)10-5-7/h6-8,10H,1-5,9H2/t6-,7+,8?/m0/s1. The topological polar surface area (TPSA) is 38.0 Å². The Morgan fingerprint density at radius 2 is 2.10 bits per heavy atom. The monoisotopic (exact) mass is 140 g/mol. The minimum absolute atomic E-state index is 0.426. The summed E-state index contributed by atoms with van der Waals surface area (Å²) in [6, 6.07) is 1.23. The van der Waals surface area contributed by atoms with Gasteiger partial charge in [0.1, 0.15) is 0 Å². The van der Waals surface area contributed by atoms with Crippen LogP contribution in [0.2, 0.25) is 0 Å². The van der Waals surface area contributed by atoms with Crippen LogP contribution >= 0.6 is 0 Å². The van der Waals surface area contributed by atoms with Crippen LogP contribution in [0, 0.1) is 5.92 Å². The van der Waals surface area contributed by atoms with E-state index in [2.05, 4.69) is 5.32 Å². The summed E-state index contributed by atoms with van der Waals surface area (Å²) >= 11 is 0. The van der Waals surface area contributed by atoms with Gasteiger partial charge in [-0.1, -0.05) is 0 Å². The minimum Gasteiger partial charge on any atom is -0.327 e. The Morgan fingerprint density at radius 1 is 1.20 bits per heavy atom. The number of hydrogen-bond donors (Lipinski definition) is 2. The van der Waals surface area contributed by atoms with Gasteiger partial charge < -0.3 is 11.1 Å². The molecule has 0 radical (unpaired) electrons. The molecule has 2 nitrogen and oxygen atoms in total. The van der Waals surface area contributed by atoms with Gasteiger partial charge in [0.2, 0.25) is 0 Å². The van der Waals surface area contributed by atoms with Crippen LogP contribution in [0.4, 0.5) is 0 Å².